The van der Waals surface area contributed by atoms with Crippen LogP contribution in [0.1, 0.15) is 36.4 Å². The normalized spacial score (nSPS) is 22.4. The number of alkyl halides is 3. The van der Waals surface area contributed by atoms with E-state index in [4.69, 9.17) is 0 Å². The van der Waals surface area contributed by atoms with Gasteiger partial charge in [0.05, 0.1) is 5.56 Å². The van der Waals surface area contributed by atoms with E-state index in [0.717, 1.165) is 55.1 Å². The Labute approximate surface area is 137 Å². The van der Waals surface area contributed by atoms with Crippen LogP contribution >= 0.6 is 15.9 Å². The van der Waals surface area contributed by atoms with Gasteiger partial charge in [-0.3, -0.25) is 4.90 Å². The van der Waals surface area contributed by atoms with Gasteiger partial charge in [-0.05, 0) is 42.5 Å². The van der Waals surface area contributed by atoms with Crippen LogP contribution in [0.25, 0.3) is 0 Å². The van der Waals surface area contributed by atoms with Gasteiger partial charge >= 0.3 is 6.18 Å². The Bertz CT molecular complexity index is 523. The minimum atomic E-state index is -4.29. The van der Waals surface area contributed by atoms with Gasteiger partial charge in [0.25, 0.3) is 0 Å². The predicted octanol–water partition coefficient (Wildman–Crippen LogP) is 4.21. The second-order valence-corrected chi connectivity index (χ2v) is 7.01. The minimum Gasteiger partial charge on any atom is -0.314 e. The molecule has 122 valence electrons. The number of hydrogen-bond donors (Lipinski definition) is 1. The zero-order valence-corrected chi connectivity index (χ0v) is 13.9. The number of halogens is 4. The first-order valence-corrected chi connectivity index (χ1v) is 8.57. The monoisotopic (exact) mass is 376 g/mol. The lowest BCUT2D eigenvalue weighted by Gasteiger charge is -2.43. The molecule has 0 radical (unpaired) electrons. The highest BCUT2D eigenvalue weighted by atomic mass is 79.9. The number of piperazine rings is 1. The van der Waals surface area contributed by atoms with Gasteiger partial charge in [0.2, 0.25) is 0 Å². The lowest BCUT2D eigenvalue weighted by molar-refractivity contribution is -0.137. The van der Waals surface area contributed by atoms with Crippen LogP contribution in [0, 0.1) is 5.92 Å². The average Bonchev–Trinajstić information content (AvgIpc) is 2.43. The Morgan fingerprint density at radius 1 is 1.18 bits per heavy atom. The van der Waals surface area contributed by atoms with Gasteiger partial charge in [0, 0.05) is 36.7 Å². The summed E-state index contributed by atoms with van der Waals surface area (Å²) in [6.07, 6.45) is -0.887. The van der Waals surface area contributed by atoms with E-state index >= 15 is 0 Å². The van der Waals surface area contributed by atoms with Crippen LogP contribution in [0.2, 0.25) is 0 Å². The molecule has 2 nitrogen and oxygen atoms in total. The van der Waals surface area contributed by atoms with E-state index < -0.39 is 11.7 Å². The van der Waals surface area contributed by atoms with Crippen LogP contribution in [-0.2, 0) is 6.18 Å². The average molecular weight is 377 g/mol. The molecule has 0 unspecified atom stereocenters. The highest BCUT2D eigenvalue weighted by Gasteiger charge is 2.37. The molecule has 0 aromatic heterocycles. The Hall–Kier alpha value is -0.590. The van der Waals surface area contributed by atoms with Crippen molar-refractivity contribution in [2.75, 3.05) is 26.2 Å². The van der Waals surface area contributed by atoms with Crippen molar-refractivity contribution in [2.24, 2.45) is 5.92 Å². The van der Waals surface area contributed by atoms with E-state index in [9.17, 15) is 13.2 Å². The molecule has 1 heterocycles. The second kappa shape index (κ2) is 6.49. The fraction of sp³-hybridized carbons (Fsp3) is 0.625. The maximum absolute atomic E-state index is 13.1. The molecule has 0 bridgehead atoms. The van der Waals surface area contributed by atoms with Crippen LogP contribution < -0.4 is 5.32 Å². The molecule has 1 saturated carbocycles. The third kappa shape index (κ3) is 3.34. The van der Waals surface area contributed by atoms with Gasteiger partial charge in [-0.1, -0.05) is 22.4 Å². The number of nitrogens with one attached hydrogen (secondary N) is 1. The third-order valence-corrected chi connectivity index (χ3v) is 5.51. The highest BCUT2D eigenvalue weighted by Crippen LogP contribution is 2.45. The fourth-order valence-corrected chi connectivity index (χ4v) is 3.89. The summed E-state index contributed by atoms with van der Waals surface area (Å²) in [7, 11) is 0. The molecule has 0 amide bonds. The summed E-state index contributed by atoms with van der Waals surface area (Å²) in [5.41, 5.74) is 0.242. The van der Waals surface area contributed by atoms with Gasteiger partial charge in [0.1, 0.15) is 0 Å². The predicted molar refractivity (Wildman–Crippen MR) is 83.7 cm³/mol. The van der Waals surface area contributed by atoms with E-state index in [1.807, 2.05) is 0 Å². The van der Waals surface area contributed by atoms with Crippen LogP contribution in [0.3, 0.4) is 0 Å². The van der Waals surface area contributed by atoms with Crippen molar-refractivity contribution < 1.29 is 13.2 Å². The first-order valence-electron chi connectivity index (χ1n) is 7.78. The van der Waals surface area contributed by atoms with Gasteiger partial charge in [0.15, 0.2) is 0 Å². The zero-order chi connectivity index (χ0) is 15.7. The maximum atomic E-state index is 13.1. The largest absolute Gasteiger partial charge is 0.416 e. The van der Waals surface area contributed by atoms with Crippen molar-refractivity contribution in [3.05, 3.63) is 33.8 Å². The number of hydrogen-bond acceptors (Lipinski definition) is 2. The summed E-state index contributed by atoms with van der Waals surface area (Å²) in [6, 6.07) is 4.14. The standard InChI is InChI=1S/C16H20BrF3N2/c17-14-5-4-12(16(18,19)20)10-13(14)15(11-2-1-3-11)22-8-6-21-7-9-22/h4-5,10-11,15,21H,1-3,6-9H2/t15-/m1/s1. The summed E-state index contributed by atoms with van der Waals surface area (Å²) in [6.45, 7) is 3.59. The SMILES string of the molecule is FC(F)(F)c1ccc(Br)c([C@@H](C2CCC2)N2CCNCC2)c1. The summed E-state index contributed by atoms with van der Waals surface area (Å²) < 4.78 is 40.0. The number of nitrogens with zero attached hydrogens (tertiary/aromatic N) is 1. The molecule has 6 heteroatoms. The number of benzene rings is 1. The van der Waals surface area contributed by atoms with Crippen molar-refractivity contribution in [3.63, 3.8) is 0 Å². The Morgan fingerprint density at radius 3 is 2.41 bits per heavy atom. The second-order valence-electron chi connectivity index (χ2n) is 6.16. The van der Waals surface area contributed by atoms with Crippen LogP contribution in [0.15, 0.2) is 22.7 Å². The van der Waals surface area contributed by atoms with Crippen molar-refractivity contribution in [3.8, 4) is 0 Å². The fourth-order valence-electron chi connectivity index (χ4n) is 3.41. The quantitative estimate of drug-likeness (QED) is 0.849. The molecule has 22 heavy (non-hydrogen) atoms. The molecule has 1 aliphatic heterocycles. The van der Waals surface area contributed by atoms with E-state index in [1.54, 1.807) is 6.07 Å². The molecule has 1 saturated heterocycles. The minimum absolute atomic E-state index is 0.0903. The molecule has 3 rings (SSSR count). The van der Waals surface area contributed by atoms with Crippen LogP contribution in [0.5, 0.6) is 0 Å². The Morgan fingerprint density at radius 2 is 1.86 bits per heavy atom. The van der Waals surface area contributed by atoms with Gasteiger partial charge in [-0.25, -0.2) is 0 Å². The van der Waals surface area contributed by atoms with Crippen molar-refractivity contribution in [1.82, 2.24) is 10.2 Å². The van der Waals surface area contributed by atoms with Crippen molar-refractivity contribution in [1.29, 1.82) is 0 Å². The maximum Gasteiger partial charge on any atom is 0.416 e. The lowest BCUT2D eigenvalue weighted by Crippen LogP contribution is -2.48. The molecule has 0 spiro atoms. The molecule has 1 atom stereocenters. The first kappa shape index (κ1) is 16.3. The van der Waals surface area contributed by atoms with Crippen LogP contribution in [0.4, 0.5) is 13.2 Å². The van der Waals surface area contributed by atoms with Crippen molar-refractivity contribution >= 4 is 15.9 Å². The smallest absolute Gasteiger partial charge is 0.314 e. The van der Waals surface area contributed by atoms with E-state index in [2.05, 4.69) is 26.1 Å². The van der Waals surface area contributed by atoms with Crippen LogP contribution in [-0.4, -0.2) is 31.1 Å². The molecule has 2 fully saturated rings. The van der Waals surface area contributed by atoms with E-state index in [0.29, 0.717) is 5.92 Å². The summed E-state index contributed by atoms with van der Waals surface area (Å²) in [5.74, 6) is 0.470. The third-order valence-electron chi connectivity index (χ3n) is 4.78. The van der Waals surface area contributed by atoms with Crippen molar-refractivity contribution in [2.45, 2.75) is 31.5 Å². The summed E-state index contributed by atoms with van der Waals surface area (Å²) >= 11 is 3.48. The first-order chi connectivity index (χ1) is 10.5. The van der Waals surface area contributed by atoms with E-state index in [1.165, 1.54) is 12.5 Å². The molecular formula is C16H20BrF3N2. The topological polar surface area (TPSA) is 15.3 Å². The molecular weight excluding hydrogens is 357 g/mol. The van der Waals surface area contributed by atoms with Gasteiger partial charge in [-0.2, -0.15) is 13.2 Å². The molecule has 1 N–H and O–H groups in total. The highest BCUT2D eigenvalue weighted by molar-refractivity contribution is 9.10. The zero-order valence-electron chi connectivity index (χ0n) is 12.3. The summed E-state index contributed by atoms with van der Waals surface area (Å²) in [4.78, 5) is 2.35. The molecule has 1 aromatic carbocycles. The van der Waals surface area contributed by atoms with Gasteiger partial charge < -0.3 is 5.32 Å². The van der Waals surface area contributed by atoms with Gasteiger partial charge in [-0.15, -0.1) is 0 Å². The Balaban J connectivity index is 1.95. The van der Waals surface area contributed by atoms with E-state index in [-0.39, 0.29) is 6.04 Å². The molecule has 1 aliphatic carbocycles. The summed E-state index contributed by atoms with van der Waals surface area (Å²) in [5, 5.41) is 3.31. The molecule has 1 aromatic rings. The lowest BCUT2D eigenvalue weighted by atomic mass is 9.76. The Kier molecular flexibility index (Phi) is 4.80. The number of rotatable bonds is 3. The molecule has 2 aliphatic rings.